The summed E-state index contributed by atoms with van der Waals surface area (Å²) in [5.74, 6) is 1.69. The quantitative estimate of drug-likeness (QED) is 0.888. The summed E-state index contributed by atoms with van der Waals surface area (Å²) in [6, 6.07) is 6.10. The lowest BCUT2D eigenvalue weighted by Gasteiger charge is -2.22. The van der Waals surface area contributed by atoms with Crippen LogP contribution in [-0.4, -0.2) is 31.2 Å². The molecule has 0 radical (unpaired) electrons. The Labute approximate surface area is 123 Å². The van der Waals surface area contributed by atoms with Crippen LogP contribution in [0.25, 0.3) is 10.2 Å². The number of nitrogens with one attached hydrogen (secondary N) is 2. The average molecular weight is 291 g/mol. The highest BCUT2D eigenvalue weighted by Gasteiger charge is 2.13. The predicted octanol–water partition coefficient (Wildman–Crippen LogP) is 3.11. The van der Waals surface area contributed by atoms with Gasteiger partial charge in [-0.25, -0.2) is 4.98 Å². The van der Waals surface area contributed by atoms with Crippen LogP contribution >= 0.6 is 11.3 Å². The molecule has 1 aliphatic rings. The smallest absolute Gasteiger partial charge is 0.183 e. The molecule has 4 nitrogen and oxygen atoms in total. The zero-order valence-corrected chi connectivity index (χ0v) is 12.6. The van der Waals surface area contributed by atoms with Crippen LogP contribution in [0.4, 0.5) is 5.13 Å². The van der Waals surface area contributed by atoms with E-state index in [1.54, 1.807) is 11.3 Å². The first kappa shape index (κ1) is 13.6. The number of thiazole rings is 1. The van der Waals surface area contributed by atoms with Gasteiger partial charge in [-0.15, -0.1) is 0 Å². The second-order valence-corrected chi connectivity index (χ2v) is 6.19. The van der Waals surface area contributed by atoms with E-state index < -0.39 is 0 Å². The van der Waals surface area contributed by atoms with E-state index in [4.69, 9.17) is 4.74 Å². The molecule has 20 heavy (non-hydrogen) atoms. The number of piperidine rings is 1. The summed E-state index contributed by atoms with van der Waals surface area (Å²) in [6.45, 7) is 6.02. The van der Waals surface area contributed by atoms with E-state index in [1.165, 1.54) is 17.5 Å². The maximum Gasteiger partial charge on any atom is 0.183 e. The van der Waals surface area contributed by atoms with Gasteiger partial charge in [0.05, 0.1) is 16.8 Å². The molecule has 1 saturated heterocycles. The van der Waals surface area contributed by atoms with E-state index in [0.29, 0.717) is 6.61 Å². The number of hydrogen-bond donors (Lipinski definition) is 2. The molecule has 108 valence electrons. The Balaban J connectivity index is 1.65. The van der Waals surface area contributed by atoms with E-state index in [0.717, 1.165) is 41.9 Å². The number of aromatic nitrogens is 1. The summed E-state index contributed by atoms with van der Waals surface area (Å²) in [5, 5.41) is 7.91. The fourth-order valence-corrected chi connectivity index (χ4v) is 3.46. The monoisotopic (exact) mass is 291 g/mol. The molecule has 0 atom stereocenters. The van der Waals surface area contributed by atoms with Gasteiger partial charge in [0.25, 0.3) is 0 Å². The third-order valence-electron chi connectivity index (χ3n) is 3.67. The van der Waals surface area contributed by atoms with Gasteiger partial charge in [-0.3, -0.25) is 0 Å². The third-order valence-corrected chi connectivity index (χ3v) is 4.65. The van der Waals surface area contributed by atoms with Crippen molar-refractivity contribution in [1.29, 1.82) is 0 Å². The summed E-state index contributed by atoms with van der Waals surface area (Å²) in [5.41, 5.74) is 1.05. The van der Waals surface area contributed by atoms with Crippen molar-refractivity contribution in [2.24, 2.45) is 5.92 Å². The van der Waals surface area contributed by atoms with Crippen molar-refractivity contribution in [3.63, 3.8) is 0 Å². The van der Waals surface area contributed by atoms with Crippen molar-refractivity contribution in [2.75, 3.05) is 31.6 Å². The lowest BCUT2D eigenvalue weighted by molar-refractivity contribution is 0.341. The highest BCUT2D eigenvalue weighted by molar-refractivity contribution is 7.22. The minimum Gasteiger partial charge on any atom is -0.494 e. The highest BCUT2D eigenvalue weighted by Crippen LogP contribution is 2.29. The van der Waals surface area contributed by atoms with E-state index in [1.807, 2.05) is 19.1 Å². The number of hydrogen-bond acceptors (Lipinski definition) is 5. The van der Waals surface area contributed by atoms with E-state index in [2.05, 4.69) is 21.7 Å². The Hall–Kier alpha value is -1.33. The molecular formula is C15H21N3OS. The molecule has 2 N–H and O–H groups in total. The van der Waals surface area contributed by atoms with Crippen LogP contribution in [0.3, 0.4) is 0 Å². The molecule has 0 saturated carbocycles. The van der Waals surface area contributed by atoms with Gasteiger partial charge in [0.15, 0.2) is 5.13 Å². The zero-order valence-electron chi connectivity index (χ0n) is 11.8. The average Bonchev–Trinajstić information content (AvgIpc) is 2.89. The van der Waals surface area contributed by atoms with Gasteiger partial charge in [0.2, 0.25) is 0 Å². The van der Waals surface area contributed by atoms with Gasteiger partial charge in [0.1, 0.15) is 5.75 Å². The lowest BCUT2D eigenvalue weighted by Crippen LogP contribution is -2.31. The van der Waals surface area contributed by atoms with Crippen LogP contribution in [0.15, 0.2) is 18.2 Å². The third kappa shape index (κ3) is 3.22. The Morgan fingerprint density at radius 1 is 1.40 bits per heavy atom. The van der Waals surface area contributed by atoms with E-state index in [9.17, 15) is 0 Å². The van der Waals surface area contributed by atoms with Crippen LogP contribution in [0.2, 0.25) is 0 Å². The fraction of sp³-hybridized carbons (Fsp3) is 0.533. The summed E-state index contributed by atoms with van der Waals surface area (Å²) in [7, 11) is 0. The number of fused-ring (bicyclic) bond motifs is 1. The van der Waals surface area contributed by atoms with E-state index >= 15 is 0 Å². The minimum atomic E-state index is 0.700. The minimum absolute atomic E-state index is 0.700. The number of nitrogens with zero attached hydrogens (tertiary/aromatic N) is 1. The van der Waals surface area contributed by atoms with Crippen LogP contribution in [0.1, 0.15) is 19.8 Å². The molecule has 1 aromatic carbocycles. The summed E-state index contributed by atoms with van der Waals surface area (Å²) in [6.07, 6.45) is 2.51. The molecule has 0 aliphatic carbocycles. The molecule has 2 aromatic rings. The van der Waals surface area contributed by atoms with E-state index in [-0.39, 0.29) is 0 Å². The first-order chi connectivity index (χ1) is 9.85. The number of rotatable bonds is 5. The fourth-order valence-electron chi connectivity index (χ4n) is 2.55. The molecule has 3 rings (SSSR count). The number of anilines is 1. The van der Waals surface area contributed by atoms with Gasteiger partial charge < -0.3 is 15.4 Å². The first-order valence-electron chi connectivity index (χ1n) is 7.33. The molecular weight excluding hydrogens is 270 g/mol. The lowest BCUT2D eigenvalue weighted by atomic mass is 9.98. The maximum absolute atomic E-state index is 5.53. The Morgan fingerprint density at radius 2 is 2.25 bits per heavy atom. The van der Waals surface area contributed by atoms with Crippen LogP contribution in [-0.2, 0) is 0 Å². The van der Waals surface area contributed by atoms with Crippen LogP contribution in [0, 0.1) is 5.92 Å². The summed E-state index contributed by atoms with van der Waals surface area (Å²) >= 11 is 1.71. The molecule has 1 aliphatic heterocycles. The normalized spacial score (nSPS) is 16.4. The SMILES string of the molecule is CCOc1ccc2nc(NCC3CCNCC3)sc2c1. The standard InChI is InChI=1S/C15H21N3OS/c1-2-19-12-3-4-13-14(9-12)20-15(18-13)17-10-11-5-7-16-8-6-11/h3-4,9,11,16H,2,5-8,10H2,1H3,(H,17,18). The highest BCUT2D eigenvalue weighted by atomic mass is 32.1. The molecule has 1 fully saturated rings. The maximum atomic E-state index is 5.53. The first-order valence-corrected chi connectivity index (χ1v) is 8.15. The molecule has 2 heterocycles. The number of benzene rings is 1. The van der Waals surface area contributed by atoms with Crippen molar-refractivity contribution < 1.29 is 4.74 Å². The Bertz CT molecular complexity index is 563. The van der Waals surface area contributed by atoms with Gasteiger partial charge >= 0.3 is 0 Å². The topological polar surface area (TPSA) is 46.2 Å². The van der Waals surface area contributed by atoms with Gasteiger partial charge in [-0.1, -0.05) is 11.3 Å². The summed E-state index contributed by atoms with van der Waals surface area (Å²) < 4.78 is 6.71. The van der Waals surface area contributed by atoms with Crippen molar-refractivity contribution in [1.82, 2.24) is 10.3 Å². The van der Waals surface area contributed by atoms with Crippen molar-refractivity contribution in [2.45, 2.75) is 19.8 Å². The molecule has 0 amide bonds. The van der Waals surface area contributed by atoms with Crippen LogP contribution in [0.5, 0.6) is 5.75 Å². The van der Waals surface area contributed by atoms with Crippen molar-refractivity contribution in [3.8, 4) is 5.75 Å². The Morgan fingerprint density at radius 3 is 3.05 bits per heavy atom. The molecule has 0 spiro atoms. The zero-order chi connectivity index (χ0) is 13.8. The van der Waals surface area contributed by atoms with Gasteiger partial charge in [-0.05, 0) is 57.0 Å². The summed E-state index contributed by atoms with van der Waals surface area (Å²) in [4.78, 5) is 4.63. The van der Waals surface area contributed by atoms with Gasteiger partial charge in [0, 0.05) is 6.54 Å². The van der Waals surface area contributed by atoms with Crippen molar-refractivity contribution >= 4 is 26.7 Å². The Kier molecular flexibility index (Phi) is 4.38. The molecule has 0 bridgehead atoms. The molecule has 1 aromatic heterocycles. The molecule has 5 heteroatoms. The predicted molar refractivity (Wildman–Crippen MR) is 84.9 cm³/mol. The number of ether oxygens (including phenoxy) is 1. The molecule has 0 unspecified atom stereocenters. The largest absolute Gasteiger partial charge is 0.494 e. The van der Waals surface area contributed by atoms with Crippen molar-refractivity contribution in [3.05, 3.63) is 18.2 Å². The second kappa shape index (κ2) is 6.41. The van der Waals surface area contributed by atoms with Gasteiger partial charge in [-0.2, -0.15) is 0 Å². The van der Waals surface area contributed by atoms with Crippen LogP contribution < -0.4 is 15.4 Å². The second-order valence-electron chi connectivity index (χ2n) is 5.16.